The average molecular weight is 478 g/mol. The van der Waals surface area contributed by atoms with Crippen LogP contribution < -0.4 is 0 Å². The van der Waals surface area contributed by atoms with E-state index >= 15 is 0 Å². The lowest BCUT2D eigenvalue weighted by molar-refractivity contribution is -0.130. The van der Waals surface area contributed by atoms with Gasteiger partial charge in [0.15, 0.2) is 5.82 Å². The zero-order valence-electron chi connectivity index (χ0n) is 20.4. The summed E-state index contributed by atoms with van der Waals surface area (Å²) in [5.74, 6) is 0.263. The molecule has 0 atom stereocenters. The Morgan fingerprint density at radius 1 is 1.06 bits per heavy atom. The van der Waals surface area contributed by atoms with E-state index in [4.69, 9.17) is 0 Å². The van der Waals surface area contributed by atoms with Crippen molar-refractivity contribution in [3.63, 3.8) is 0 Å². The highest BCUT2D eigenvalue weighted by molar-refractivity contribution is 5.83. The second kappa shape index (κ2) is 9.69. The van der Waals surface area contributed by atoms with Gasteiger partial charge >= 0.3 is 6.01 Å². The van der Waals surface area contributed by atoms with Gasteiger partial charge in [0.2, 0.25) is 5.91 Å². The van der Waals surface area contributed by atoms with Gasteiger partial charge in [0, 0.05) is 49.7 Å². The summed E-state index contributed by atoms with van der Waals surface area (Å²) in [7, 11) is 1.82. The van der Waals surface area contributed by atoms with Gasteiger partial charge in [-0.1, -0.05) is 25.9 Å². The smallest absolute Gasteiger partial charge is 0.319 e. The predicted molar refractivity (Wildman–Crippen MR) is 134 cm³/mol. The second-order valence-electron chi connectivity index (χ2n) is 9.06. The van der Waals surface area contributed by atoms with E-state index in [1.54, 1.807) is 11.0 Å². The number of hydrogen-bond donors (Lipinski definition) is 3. The van der Waals surface area contributed by atoms with Gasteiger partial charge in [-0.05, 0) is 48.2 Å². The van der Waals surface area contributed by atoms with Gasteiger partial charge in [0.1, 0.15) is 11.5 Å². The van der Waals surface area contributed by atoms with E-state index in [0.29, 0.717) is 36.3 Å². The van der Waals surface area contributed by atoms with Crippen molar-refractivity contribution in [2.45, 2.75) is 46.1 Å². The molecule has 0 unspecified atom stereocenters. The number of carbonyl (C=O) groups excluding carboxylic acids is 1. The van der Waals surface area contributed by atoms with Crippen LogP contribution in [0, 0.1) is 0 Å². The van der Waals surface area contributed by atoms with Crippen molar-refractivity contribution < 1.29 is 20.1 Å². The molecule has 0 aliphatic carbocycles. The van der Waals surface area contributed by atoms with E-state index in [0.717, 1.165) is 17.3 Å². The summed E-state index contributed by atoms with van der Waals surface area (Å²) < 4.78 is 3.55. The fraction of sp³-hybridized carbons (Fsp3) is 0.346. The van der Waals surface area contributed by atoms with Crippen molar-refractivity contribution in [1.82, 2.24) is 24.2 Å². The zero-order valence-corrected chi connectivity index (χ0v) is 20.4. The molecular weight excluding hydrogens is 446 g/mol. The molecule has 2 heterocycles. The minimum absolute atomic E-state index is 0.00124. The van der Waals surface area contributed by atoms with E-state index in [1.807, 2.05) is 58.3 Å². The standard InChI is InChI=1S/C26H31N5O4/c1-5-6-24(34)29(4)11-12-30-10-9-17-13-18(7-8-21(17)30)31-25(27-28-26(31)35)20-14-19(16(2)3)22(32)15-23(20)33/h7-10,13-16,32-33H,5-6,11-12H2,1-4H3,(H,28,35). The monoisotopic (exact) mass is 477 g/mol. The molecule has 0 saturated carbocycles. The summed E-state index contributed by atoms with van der Waals surface area (Å²) in [5, 5.41) is 40.1. The van der Waals surface area contributed by atoms with Crippen LogP contribution in [0.4, 0.5) is 0 Å². The van der Waals surface area contributed by atoms with Crippen LogP contribution in [0.3, 0.4) is 0 Å². The van der Waals surface area contributed by atoms with E-state index in [-0.39, 0.29) is 35.2 Å². The predicted octanol–water partition coefficient (Wildman–Crippen LogP) is 4.39. The Labute approximate surface area is 203 Å². The topological polar surface area (TPSA) is 117 Å². The fourth-order valence-electron chi connectivity index (χ4n) is 4.23. The van der Waals surface area contributed by atoms with Gasteiger partial charge in [-0.15, -0.1) is 5.10 Å². The van der Waals surface area contributed by atoms with Gasteiger partial charge < -0.3 is 24.8 Å². The number of aromatic hydroxyl groups is 3. The summed E-state index contributed by atoms with van der Waals surface area (Å²) in [5.41, 5.74) is 2.63. The third-order valence-electron chi connectivity index (χ3n) is 6.23. The largest absolute Gasteiger partial charge is 0.508 e. The number of benzene rings is 2. The first kappa shape index (κ1) is 24.1. The molecule has 2 aromatic heterocycles. The third kappa shape index (κ3) is 4.66. The molecule has 9 nitrogen and oxygen atoms in total. The molecule has 3 N–H and O–H groups in total. The van der Waals surface area contributed by atoms with Crippen LogP contribution in [0.1, 0.15) is 45.1 Å². The van der Waals surface area contributed by atoms with Crippen molar-refractivity contribution in [1.29, 1.82) is 0 Å². The Bertz CT molecular complexity index is 1370. The Hall–Kier alpha value is -4.01. The van der Waals surface area contributed by atoms with Crippen molar-refractivity contribution in [2.24, 2.45) is 0 Å². The zero-order chi connectivity index (χ0) is 25.3. The number of rotatable bonds is 8. The van der Waals surface area contributed by atoms with E-state index in [9.17, 15) is 20.1 Å². The molecule has 0 aliphatic rings. The quantitative estimate of drug-likeness (QED) is 0.347. The van der Waals surface area contributed by atoms with Crippen molar-refractivity contribution in [3.05, 3.63) is 48.2 Å². The fourth-order valence-corrected chi connectivity index (χ4v) is 4.23. The summed E-state index contributed by atoms with van der Waals surface area (Å²) in [6, 6.07) is 10.3. The molecule has 0 bridgehead atoms. The second-order valence-corrected chi connectivity index (χ2v) is 9.06. The van der Waals surface area contributed by atoms with E-state index < -0.39 is 0 Å². The summed E-state index contributed by atoms with van der Waals surface area (Å²) in [6.07, 6.45) is 3.35. The van der Waals surface area contributed by atoms with Gasteiger partial charge in [0.05, 0.1) is 11.3 Å². The summed E-state index contributed by atoms with van der Waals surface area (Å²) in [4.78, 5) is 13.8. The van der Waals surface area contributed by atoms with E-state index in [1.165, 1.54) is 10.6 Å². The highest BCUT2D eigenvalue weighted by atomic mass is 16.3. The van der Waals surface area contributed by atoms with Gasteiger partial charge in [-0.2, -0.15) is 0 Å². The molecule has 35 heavy (non-hydrogen) atoms. The van der Waals surface area contributed by atoms with Crippen LogP contribution in [0.15, 0.2) is 42.6 Å². The molecule has 2 aromatic carbocycles. The van der Waals surface area contributed by atoms with Crippen LogP contribution in [0.2, 0.25) is 0 Å². The van der Waals surface area contributed by atoms with Gasteiger partial charge in [-0.25, -0.2) is 4.57 Å². The maximum atomic E-state index is 12.1. The highest BCUT2D eigenvalue weighted by Crippen LogP contribution is 2.39. The normalized spacial score (nSPS) is 11.5. The van der Waals surface area contributed by atoms with Crippen molar-refractivity contribution in [2.75, 3.05) is 13.6 Å². The minimum atomic E-state index is -0.312. The number of aromatic nitrogens is 4. The van der Waals surface area contributed by atoms with Crippen LogP contribution >= 0.6 is 0 Å². The summed E-state index contributed by atoms with van der Waals surface area (Å²) >= 11 is 0. The van der Waals surface area contributed by atoms with Gasteiger partial charge in [-0.3, -0.25) is 4.79 Å². The Morgan fingerprint density at radius 3 is 2.54 bits per heavy atom. The number of amides is 1. The lowest BCUT2D eigenvalue weighted by Crippen LogP contribution is -2.29. The molecule has 4 aromatic rings. The molecule has 184 valence electrons. The Balaban J connectivity index is 1.68. The minimum Gasteiger partial charge on any atom is -0.508 e. The number of hydrogen-bond acceptors (Lipinski definition) is 6. The number of carbonyl (C=O) groups is 1. The van der Waals surface area contributed by atoms with Crippen molar-refractivity contribution >= 4 is 16.8 Å². The van der Waals surface area contributed by atoms with Crippen molar-refractivity contribution in [3.8, 4) is 34.6 Å². The lowest BCUT2D eigenvalue weighted by Gasteiger charge is -2.17. The maximum Gasteiger partial charge on any atom is 0.319 e. The van der Waals surface area contributed by atoms with Crippen LogP contribution in [0.5, 0.6) is 17.5 Å². The Morgan fingerprint density at radius 2 is 1.83 bits per heavy atom. The molecule has 9 heteroatoms. The maximum absolute atomic E-state index is 12.1. The first-order chi connectivity index (χ1) is 16.7. The number of phenols is 2. The number of fused-ring (bicyclic) bond motifs is 1. The SMILES string of the molecule is CCCC(=O)N(C)CCn1ccc2cc(-n3c(O)nnc3-c3cc(C(C)C)c(O)cc3O)ccc21. The van der Waals surface area contributed by atoms with Gasteiger partial charge in [0.25, 0.3) is 0 Å². The summed E-state index contributed by atoms with van der Waals surface area (Å²) in [6.45, 7) is 7.15. The molecular formula is C26H31N5O4. The molecule has 4 rings (SSSR count). The van der Waals surface area contributed by atoms with Crippen LogP contribution in [-0.2, 0) is 11.3 Å². The molecule has 0 saturated heterocycles. The van der Waals surface area contributed by atoms with Crippen LogP contribution in [-0.4, -0.2) is 59.1 Å². The van der Waals surface area contributed by atoms with Crippen LogP contribution in [0.25, 0.3) is 28.0 Å². The average Bonchev–Trinajstić information content (AvgIpc) is 3.40. The number of likely N-dealkylation sites (N-methyl/N-ethyl adjacent to an activating group) is 1. The lowest BCUT2D eigenvalue weighted by atomic mass is 9.98. The molecule has 0 spiro atoms. The first-order valence-electron chi connectivity index (χ1n) is 11.7. The Kier molecular flexibility index (Phi) is 6.68. The molecule has 1 amide bonds. The molecule has 0 radical (unpaired) electrons. The third-order valence-corrected chi connectivity index (χ3v) is 6.23. The molecule has 0 fully saturated rings. The molecule has 0 aliphatic heterocycles. The highest BCUT2D eigenvalue weighted by Gasteiger charge is 2.21. The van der Waals surface area contributed by atoms with E-state index in [2.05, 4.69) is 14.8 Å². The number of nitrogens with zero attached hydrogens (tertiary/aromatic N) is 5. The first-order valence-corrected chi connectivity index (χ1v) is 11.7. The number of phenolic OH excluding ortho intramolecular Hbond substituents is 2.